The van der Waals surface area contributed by atoms with E-state index in [2.05, 4.69) is 20.6 Å². The summed E-state index contributed by atoms with van der Waals surface area (Å²) in [6.45, 7) is 3.27. The van der Waals surface area contributed by atoms with Crippen molar-refractivity contribution >= 4 is 11.8 Å². The minimum atomic E-state index is -0.107. The maximum absolute atomic E-state index is 12.4. The summed E-state index contributed by atoms with van der Waals surface area (Å²) in [4.78, 5) is 14.3. The molecular weight excluding hydrogens is 320 g/mol. The summed E-state index contributed by atoms with van der Waals surface area (Å²) in [7, 11) is 1.85. The van der Waals surface area contributed by atoms with Gasteiger partial charge in [-0.1, -0.05) is 0 Å². The number of rotatable bonds is 3. The van der Waals surface area contributed by atoms with Gasteiger partial charge in [-0.25, -0.2) is 4.79 Å². The van der Waals surface area contributed by atoms with E-state index in [1.54, 1.807) is 16.9 Å². The molecule has 2 amide bonds. The predicted octanol–water partition coefficient (Wildman–Crippen LogP) is 1.77. The van der Waals surface area contributed by atoms with E-state index in [4.69, 9.17) is 4.74 Å². The zero-order chi connectivity index (χ0) is 17.2. The van der Waals surface area contributed by atoms with Crippen LogP contribution in [0, 0.1) is 11.8 Å². The molecule has 0 spiro atoms. The number of nitrogens with one attached hydrogen (secondary N) is 1. The average molecular weight is 342 g/mol. The molecule has 0 bridgehead atoms. The number of nitrogens with zero attached hydrogens (tertiary/aromatic N) is 5. The number of hydrogen-bond donors (Lipinski definition) is 1. The molecule has 0 radical (unpaired) electrons. The van der Waals surface area contributed by atoms with Crippen LogP contribution in [0.2, 0.25) is 0 Å². The van der Waals surface area contributed by atoms with E-state index in [0.717, 1.165) is 50.4 Å². The van der Waals surface area contributed by atoms with E-state index in [-0.39, 0.29) is 6.03 Å². The topological polar surface area (TPSA) is 85.2 Å². The first-order chi connectivity index (χ1) is 12.2. The van der Waals surface area contributed by atoms with Crippen LogP contribution in [0.25, 0.3) is 11.3 Å². The molecule has 2 aliphatic rings. The third-order valence-corrected chi connectivity index (χ3v) is 5.04. The number of likely N-dealkylation sites (tertiary alicyclic amines) is 1. The normalized spacial score (nSPS) is 23.2. The molecule has 2 aliphatic heterocycles. The minimum Gasteiger partial charge on any atom is -0.381 e. The van der Waals surface area contributed by atoms with Crippen molar-refractivity contribution in [2.75, 3.05) is 31.6 Å². The van der Waals surface area contributed by atoms with Gasteiger partial charge in [0, 0.05) is 45.1 Å². The molecule has 2 saturated heterocycles. The Morgan fingerprint density at radius 2 is 2.20 bits per heavy atom. The molecule has 0 aromatic carbocycles. The standard InChI is InChI=1S/C17H22N6O2/c1-22-9-14(8-18-22)15-2-3-16(21-20-15)19-17(24)23-6-4-12(10-23)13-5-7-25-11-13/h2-3,8-9,12-13H,4-7,10-11H2,1H3,(H,19,21,24). The fourth-order valence-electron chi connectivity index (χ4n) is 3.58. The highest BCUT2D eigenvalue weighted by molar-refractivity contribution is 5.88. The Morgan fingerprint density at radius 1 is 1.28 bits per heavy atom. The van der Waals surface area contributed by atoms with Crippen molar-refractivity contribution in [2.45, 2.75) is 12.8 Å². The van der Waals surface area contributed by atoms with Crippen molar-refractivity contribution in [2.24, 2.45) is 18.9 Å². The maximum atomic E-state index is 12.4. The summed E-state index contributed by atoms with van der Waals surface area (Å²) >= 11 is 0. The molecule has 2 aromatic rings. The molecule has 2 unspecified atom stereocenters. The Morgan fingerprint density at radius 3 is 2.88 bits per heavy atom. The summed E-state index contributed by atoms with van der Waals surface area (Å²) in [6, 6.07) is 3.50. The summed E-state index contributed by atoms with van der Waals surface area (Å²) < 4.78 is 7.18. The van der Waals surface area contributed by atoms with Gasteiger partial charge in [0.05, 0.1) is 11.9 Å². The van der Waals surface area contributed by atoms with E-state index in [1.807, 2.05) is 24.2 Å². The van der Waals surface area contributed by atoms with Crippen molar-refractivity contribution in [1.82, 2.24) is 24.9 Å². The lowest BCUT2D eigenvalue weighted by atomic mass is 9.91. The molecule has 8 heteroatoms. The highest BCUT2D eigenvalue weighted by Crippen LogP contribution is 2.30. The van der Waals surface area contributed by atoms with Gasteiger partial charge in [-0.2, -0.15) is 5.10 Å². The lowest BCUT2D eigenvalue weighted by Crippen LogP contribution is -2.34. The smallest absolute Gasteiger partial charge is 0.323 e. The number of aryl methyl sites for hydroxylation is 1. The molecule has 0 aliphatic carbocycles. The lowest BCUT2D eigenvalue weighted by molar-refractivity contribution is 0.171. The third kappa shape index (κ3) is 3.48. The van der Waals surface area contributed by atoms with Crippen LogP contribution < -0.4 is 5.32 Å². The van der Waals surface area contributed by atoms with Crippen molar-refractivity contribution in [3.8, 4) is 11.3 Å². The molecule has 4 rings (SSSR count). The first-order valence-corrected chi connectivity index (χ1v) is 8.65. The Balaban J connectivity index is 1.35. The van der Waals surface area contributed by atoms with Gasteiger partial charge in [-0.15, -0.1) is 10.2 Å². The molecule has 4 heterocycles. The number of anilines is 1. The molecule has 8 nitrogen and oxygen atoms in total. The molecule has 2 fully saturated rings. The van der Waals surface area contributed by atoms with E-state index in [1.165, 1.54) is 0 Å². The van der Waals surface area contributed by atoms with Crippen molar-refractivity contribution in [1.29, 1.82) is 0 Å². The van der Waals surface area contributed by atoms with Crippen LogP contribution >= 0.6 is 0 Å². The van der Waals surface area contributed by atoms with Gasteiger partial charge in [0.15, 0.2) is 5.82 Å². The zero-order valence-corrected chi connectivity index (χ0v) is 14.3. The second-order valence-corrected chi connectivity index (χ2v) is 6.76. The number of ether oxygens (including phenoxy) is 1. The summed E-state index contributed by atoms with van der Waals surface area (Å²) in [5.74, 6) is 1.61. The van der Waals surface area contributed by atoms with Crippen molar-refractivity contribution in [3.05, 3.63) is 24.5 Å². The summed E-state index contributed by atoms with van der Waals surface area (Å²) in [5.41, 5.74) is 1.63. The number of urea groups is 1. The van der Waals surface area contributed by atoms with Crippen LogP contribution in [0.15, 0.2) is 24.5 Å². The first kappa shape index (κ1) is 16.0. The van der Waals surface area contributed by atoms with Gasteiger partial charge >= 0.3 is 6.03 Å². The predicted molar refractivity (Wildman–Crippen MR) is 91.9 cm³/mol. The lowest BCUT2D eigenvalue weighted by Gasteiger charge is -2.19. The molecule has 25 heavy (non-hydrogen) atoms. The molecule has 2 atom stereocenters. The van der Waals surface area contributed by atoms with Crippen LogP contribution in [-0.4, -0.2) is 57.2 Å². The van der Waals surface area contributed by atoms with Crippen molar-refractivity contribution < 1.29 is 9.53 Å². The van der Waals surface area contributed by atoms with Gasteiger partial charge in [0.25, 0.3) is 0 Å². The van der Waals surface area contributed by atoms with Crippen LogP contribution in [0.3, 0.4) is 0 Å². The van der Waals surface area contributed by atoms with Gasteiger partial charge in [0.1, 0.15) is 0 Å². The number of carbonyl (C=O) groups excluding carboxylic acids is 1. The number of amides is 2. The van der Waals surface area contributed by atoms with Crippen LogP contribution in [0.1, 0.15) is 12.8 Å². The second-order valence-electron chi connectivity index (χ2n) is 6.76. The molecule has 0 saturated carbocycles. The zero-order valence-electron chi connectivity index (χ0n) is 14.3. The van der Waals surface area contributed by atoms with Crippen LogP contribution in [0.5, 0.6) is 0 Å². The number of hydrogen-bond acceptors (Lipinski definition) is 5. The highest BCUT2D eigenvalue weighted by Gasteiger charge is 2.33. The largest absolute Gasteiger partial charge is 0.381 e. The Bertz CT molecular complexity index is 738. The van der Waals surface area contributed by atoms with Gasteiger partial charge in [0.2, 0.25) is 0 Å². The van der Waals surface area contributed by atoms with Gasteiger partial charge in [-0.05, 0) is 36.8 Å². The SMILES string of the molecule is Cn1cc(-c2ccc(NC(=O)N3CCC(C4CCOC4)C3)nn2)cn1. The molecular formula is C17H22N6O2. The summed E-state index contributed by atoms with van der Waals surface area (Å²) in [5, 5.41) is 15.2. The maximum Gasteiger partial charge on any atom is 0.323 e. The van der Waals surface area contributed by atoms with E-state index in [9.17, 15) is 4.79 Å². The van der Waals surface area contributed by atoms with Gasteiger partial charge < -0.3 is 9.64 Å². The van der Waals surface area contributed by atoms with E-state index in [0.29, 0.717) is 17.7 Å². The van der Waals surface area contributed by atoms with Crippen LogP contribution in [0.4, 0.5) is 10.6 Å². The number of aromatic nitrogens is 4. The minimum absolute atomic E-state index is 0.107. The van der Waals surface area contributed by atoms with Crippen molar-refractivity contribution in [3.63, 3.8) is 0 Å². The Kier molecular flexibility index (Phi) is 4.35. The molecule has 2 aromatic heterocycles. The summed E-state index contributed by atoms with van der Waals surface area (Å²) in [6.07, 6.45) is 5.77. The highest BCUT2D eigenvalue weighted by atomic mass is 16.5. The van der Waals surface area contributed by atoms with E-state index >= 15 is 0 Å². The molecule has 132 valence electrons. The van der Waals surface area contributed by atoms with Gasteiger partial charge in [-0.3, -0.25) is 10.00 Å². The second kappa shape index (κ2) is 6.79. The third-order valence-electron chi connectivity index (χ3n) is 5.04. The number of carbonyl (C=O) groups is 1. The first-order valence-electron chi connectivity index (χ1n) is 8.65. The Hall–Kier alpha value is -2.48. The monoisotopic (exact) mass is 342 g/mol. The Labute approximate surface area is 146 Å². The average Bonchev–Trinajstić information content (AvgIpc) is 3.36. The van der Waals surface area contributed by atoms with E-state index < -0.39 is 0 Å². The fourth-order valence-corrected chi connectivity index (χ4v) is 3.58. The van der Waals surface area contributed by atoms with Crippen LogP contribution in [-0.2, 0) is 11.8 Å². The molecule has 1 N–H and O–H groups in total. The fraction of sp³-hybridized carbons (Fsp3) is 0.529. The quantitative estimate of drug-likeness (QED) is 0.919.